The van der Waals surface area contributed by atoms with Crippen molar-refractivity contribution < 1.29 is 28.5 Å². The zero-order chi connectivity index (χ0) is 24.9. The number of nitrogens with one attached hydrogen (secondary N) is 1. The molecule has 1 aromatic rings. The summed E-state index contributed by atoms with van der Waals surface area (Å²) >= 11 is 0. The maximum Gasteiger partial charge on any atom is 0.408 e. The van der Waals surface area contributed by atoms with Crippen LogP contribution in [0.1, 0.15) is 32.8 Å². The van der Waals surface area contributed by atoms with E-state index in [9.17, 15) is 14.9 Å². The van der Waals surface area contributed by atoms with Gasteiger partial charge in [0.05, 0.1) is 12.2 Å². The molecule has 1 aliphatic heterocycles. The monoisotopic (exact) mass is 471 g/mol. The lowest BCUT2D eigenvalue weighted by Gasteiger charge is -2.41. The molecule has 1 fully saturated rings. The molecular formula is C25H33N3O6. The summed E-state index contributed by atoms with van der Waals surface area (Å²) in [5.41, 5.74) is -1.02. The van der Waals surface area contributed by atoms with E-state index < -0.39 is 35.2 Å². The van der Waals surface area contributed by atoms with Gasteiger partial charge in [0, 0.05) is 44.3 Å². The van der Waals surface area contributed by atoms with Gasteiger partial charge in [-0.2, -0.15) is 5.26 Å². The summed E-state index contributed by atoms with van der Waals surface area (Å²) in [5, 5.41) is 12.6. The van der Waals surface area contributed by atoms with Crippen LogP contribution >= 0.6 is 0 Å². The molecule has 34 heavy (non-hydrogen) atoms. The van der Waals surface area contributed by atoms with E-state index in [4.69, 9.17) is 18.9 Å². The zero-order valence-electron chi connectivity index (χ0n) is 20.4. The molecule has 1 aromatic carbocycles. The first-order chi connectivity index (χ1) is 16.1. The van der Waals surface area contributed by atoms with Crippen molar-refractivity contribution >= 4 is 12.1 Å². The van der Waals surface area contributed by atoms with Gasteiger partial charge in [0.1, 0.15) is 19.0 Å². The summed E-state index contributed by atoms with van der Waals surface area (Å²) in [5.74, 6) is -1.42. The predicted molar refractivity (Wildman–Crippen MR) is 123 cm³/mol. The molecule has 0 spiro atoms. The van der Waals surface area contributed by atoms with Gasteiger partial charge in [0.25, 0.3) is 0 Å². The fraction of sp³-hybridized carbons (Fsp3) is 0.560. The molecule has 1 N–H and O–H groups in total. The number of carbonyl (C=O) groups excluding carboxylic acids is 2. The first kappa shape index (κ1) is 25.5. The van der Waals surface area contributed by atoms with Gasteiger partial charge in [-0.1, -0.05) is 30.3 Å². The molecule has 0 aromatic heterocycles. The van der Waals surface area contributed by atoms with Crippen molar-refractivity contribution in [3.05, 3.63) is 47.7 Å². The summed E-state index contributed by atoms with van der Waals surface area (Å²) in [4.78, 5) is 28.7. The largest absolute Gasteiger partial charge is 0.459 e. The number of esters is 1. The van der Waals surface area contributed by atoms with Crippen LogP contribution in [-0.2, 0) is 30.3 Å². The highest BCUT2D eigenvalue weighted by Crippen LogP contribution is 2.48. The van der Waals surface area contributed by atoms with Crippen molar-refractivity contribution in [2.45, 2.75) is 51.0 Å². The minimum Gasteiger partial charge on any atom is -0.459 e. The number of hydrogen-bond donors (Lipinski definition) is 1. The number of rotatable bonds is 7. The second kappa shape index (κ2) is 10.5. The van der Waals surface area contributed by atoms with Crippen LogP contribution in [0, 0.1) is 23.2 Å². The number of carbonyl (C=O) groups is 2. The van der Waals surface area contributed by atoms with E-state index in [-0.39, 0.29) is 19.3 Å². The minimum absolute atomic E-state index is 0.0303. The Morgan fingerprint density at radius 3 is 2.59 bits per heavy atom. The van der Waals surface area contributed by atoms with Crippen LogP contribution in [0.4, 0.5) is 4.79 Å². The van der Waals surface area contributed by atoms with Gasteiger partial charge in [-0.25, -0.2) is 9.59 Å². The fourth-order valence-corrected chi connectivity index (χ4v) is 4.73. The molecule has 0 bridgehead atoms. The third kappa shape index (κ3) is 5.51. The van der Waals surface area contributed by atoms with Gasteiger partial charge in [0.2, 0.25) is 0 Å². The Balaban J connectivity index is 2.01. The average molecular weight is 472 g/mol. The molecule has 3 rings (SSSR count). The Kier molecular flexibility index (Phi) is 7.85. The van der Waals surface area contributed by atoms with E-state index >= 15 is 0 Å². The van der Waals surface area contributed by atoms with E-state index in [0.29, 0.717) is 18.5 Å². The number of nitriles is 1. The summed E-state index contributed by atoms with van der Waals surface area (Å²) in [6, 6.07) is 11.5. The Hall–Kier alpha value is -3.09. The highest BCUT2D eigenvalue weighted by molar-refractivity contribution is 5.88. The van der Waals surface area contributed by atoms with Crippen molar-refractivity contribution in [3.63, 3.8) is 0 Å². The highest BCUT2D eigenvalue weighted by Gasteiger charge is 2.64. The normalized spacial score (nSPS) is 26.2. The summed E-state index contributed by atoms with van der Waals surface area (Å²) in [6.07, 6.45) is 0.568. The van der Waals surface area contributed by atoms with Gasteiger partial charge in [0.15, 0.2) is 5.54 Å². The smallest absolute Gasteiger partial charge is 0.408 e. The lowest BCUT2D eigenvalue weighted by atomic mass is 9.77. The lowest BCUT2D eigenvalue weighted by Crippen LogP contribution is -2.66. The summed E-state index contributed by atoms with van der Waals surface area (Å²) in [7, 11) is 3.30. The first-order valence-corrected chi connectivity index (χ1v) is 11.3. The van der Waals surface area contributed by atoms with Gasteiger partial charge in [-0.15, -0.1) is 0 Å². The second-order valence-corrected chi connectivity index (χ2v) is 9.70. The van der Waals surface area contributed by atoms with Crippen LogP contribution in [-0.4, -0.2) is 61.7 Å². The molecular weight excluding hydrogens is 438 g/mol. The lowest BCUT2D eigenvalue weighted by molar-refractivity contribution is -0.167. The minimum atomic E-state index is -1.58. The zero-order valence-corrected chi connectivity index (χ0v) is 20.4. The first-order valence-electron chi connectivity index (χ1n) is 11.3. The molecule has 184 valence electrons. The molecule has 9 nitrogen and oxygen atoms in total. The van der Waals surface area contributed by atoms with Crippen LogP contribution in [0.5, 0.6) is 0 Å². The van der Waals surface area contributed by atoms with Crippen molar-refractivity contribution in [2.75, 3.05) is 27.5 Å². The SMILES string of the molecule is COCO[C@H]1C[C@H]2C(C#N)=CN(C)C[C@H]2[C@]1(NC(=O)OC(C)(C)C)C(=O)OCc1ccccc1. The van der Waals surface area contributed by atoms with E-state index in [0.717, 1.165) is 5.56 Å². The Morgan fingerprint density at radius 2 is 1.97 bits per heavy atom. The van der Waals surface area contributed by atoms with Gasteiger partial charge < -0.3 is 29.2 Å². The molecule has 1 saturated carbocycles. The van der Waals surface area contributed by atoms with Crippen molar-refractivity contribution in [2.24, 2.45) is 11.8 Å². The third-order valence-electron chi connectivity index (χ3n) is 6.06. The van der Waals surface area contributed by atoms with E-state index in [1.54, 1.807) is 27.0 Å². The van der Waals surface area contributed by atoms with Crippen LogP contribution in [0.3, 0.4) is 0 Å². The predicted octanol–water partition coefficient (Wildman–Crippen LogP) is 2.97. The number of nitrogens with zero attached hydrogens (tertiary/aromatic N) is 2. The standard InChI is InChI=1S/C25H33N3O6/c1-24(2,3)34-23(30)27-25(22(29)32-15-17-9-7-6-8-10-17)20-14-28(4)13-18(12-26)19(20)11-21(25)33-16-31-5/h6-10,13,19-21H,11,14-16H2,1-5H3,(H,27,30)/t19-,20+,21-,25+/m0/s1. The number of allylic oxidation sites excluding steroid dienone is 1. The van der Waals surface area contributed by atoms with Crippen LogP contribution in [0.25, 0.3) is 0 Å². The maximum absolute atomic E-state index is 13.8. The van der Waals surface area contributed by atoms with E-state index in [2.05, 4.69) is 11.4 Å². The number of amides is 1. The third-order valence-corrected chi connectivity index (χ3v) is 6.06. The number of hydrogen-bond acceptors (Lipinski definition) is 8. The molecule has 1 amide bonds. The Bertz CT molecular complexity index is 952. The van der Waals surface area contributed by atoms with Gasteiger partial charge >= 0.3 is 12.1 Å². The highest BCUT2D eigenvalue weighted by atomic mass is 16.7. The number of ether oxygens (including phenoxy) is 4. The second-order valence-electron chi connectivity index (χ2n) is 9.70. The summed E-state index contributed by atoms with van der Waals surface area (Å²) in [6.45, 7) is 5.59. The fourth-order valence-electron chi connectivity index (χ4n) is 4.73. The number of fused-ring (bicyclic) bond motifs is 1. The van der Waals surface area contributed by atoms with Crippen LogP contribution < -0.4 is 5.32 Å². The summed E-state index contributed by atoms with van der Waals surface area (Å²) < 4.78 is 22.3. The molecule has 0 radical (unpaired) electrons. The molecule has 2 aliphatic rings. The molecule has 9 heteroatoms. The Morgan fingerprint density at radius 1 is 1.26 bits per heavy atom. The topological polar surface area (TPSA) is 110 Å². The average Bonchev–Trinajstić information content (AvgIpc) is 3.08. The van der Waals surface area contributed by atoms with Crippen LogP contribution in [0.2, 0.25) is 0 Å². The van der Waals surface area contributed by atoms with E-state index in [1.165, 1.54) is 7.11 Å². The quantitative estimate of drug-likeness (QED) is 0.477. The molecule has 0 saturated heterocycles. The number of benzene rings is 1. The van der Waals surface area contributed by atoms with Crippen molar-refractivity contribution in [1.82, 2.24) is 10.2 Å². The van der Waals surface area contributed by atoms with Gasteiger partial charge in [-0.05, 0) is 32.8 Å². The molecule has 1 aliphatic carbocycles. The van der Waals surface area contributed by atoms with Gasteiger partial charge in [-0.3, -0.25) is 0 Å². The Labute approximate surface area is 200 Å². The molecule has 1 heterocycles. The maximum atomic E-state index is 13.8. The van der Waals surface area contributed by atoms with Crippen molar-refractivity contribution in [3.8, 4) is 6.07 Å². The molecule has 4 atom stereocenters. The molecule has 0 unspecified atom stereocenters. The number of alkyl carbamates (subject to hydrolysis) is 1. The van der Waals surface area contributed by atoms with Crippen molar-refractivity contribution in [1.29, 1.82) is 5.26 Å². The van der Waals surface area contributed by atoms with E-state index in [1.807, 2.05) is 42.3 Å². The van der Waals surface area contributed by atoms with Crippen LogP contribution in [0.15, 0.2) is 42.1 Å². The number of methoxy groups -OCH3 is 1.